The summed E-state index contributed by atoms with van der Waals surface area (Å²) in [4.78, 5) is 18.8. The third kappa shape index (κ3) is 2.42. The third-order valence-corrected chi connectivity index (χ3v) is 4.24. The maximum atomic E-state index is 12.9. The zero-order valence-corrected chi connectivity index (χ0v) is 13.3. The van der Waals surface area contributed by atoms with Crippen LogP contribution in [0, 0.1) is 6.92 Å². The van der Waals surface area contributed by atoms with Crippen LogP contribution in [0.1, 0.15) is 27.7 Å². The third-order valence-electron chi connectivity index (χ3n) is 4.24. The van der Waals surface area contributed by atoms with Crippen molar-refractivity contribution >= 4 is 17.3 Å². The Labute approximate surface area is 140 Å². The van der Waals surface area contributed by atoms with E-state index < -0.39 is 0 Å². The predicted octanol–water partition coefficient (Wildman–Crippen LogP) is 4.16. The Hall–Kier alpha value is -3.14. The van der Waals surface area contributed by atoms with Gasteiger partial charge in [-0.2, -0.15) is 0 Å². The first kappa shape index (κ1) is 14.5. The van der Waals surface area contributed by atoms with Crippen LogP contribution >= 0.6 is 0 Å². The van der Waals surface area contributed by atoms with Crippen molar-refractivity contribution in [3.63, 3.8) is 0 Å². The average molecular weight is 315 g/mol. The standard InChI is InChI=1S/C20H17N3O/c1-14-8-10-15(11-9-14)22-19-17-6-2-3-7-18(17)20(24)23(19)16-5-4-12-21-13-16/h2-13,19,22H,1H3/t19-/m0/s1. The largest absolute Gasteiger partial charge is 0.361 e. The van der Waals surface area contributed by atoms with E-state index in [-0.39, 0.29) is 12.1 Å². The van der Waals surface area contributed by atoms with E-state index in [1.165, 1.54) is 5.56 Å². The number of carbonyl (C=O) groups is 1. The number of aromatic nitrogens is 1. The molecule has 0 unspecified atom stereocenters. The van der Waals surface area contributed by atoms with Gasteiger partial charge in [0.05, 0.1) is 11.9 Å². The number of benzene rings is 2. The zero-order valence-electron chi connectivity index (χ0n) is 13.3. The van der Waals surface area contributed by atoms with E-state index in [1.807, 2.05) is 48.5 Å². The Morgan fingerprint density at radius 1 is 1.00 bits per heavy atom. The minimum absolute atomic E-state index is 0.0109. The van der Waals surface area contributed by atoms with Crippen LogP contribution in [0.25, 0.3) is 0 Å². The van der Waals surface area contributed by atoms with Crippen molar-refractivity contribution in [2.24, 2.45) is 0 Å². The van der Waals surface area contributed by atoms with Crippen molar-refractivity contribution in [3.8, 4) is 0 Å². The van der Waals surface area contributed by atoms with Crippen LogP contribution in [-0.4, -0.2) is 10.9 Å². The van der Waals surface area contributed by atoms with E-state index in [1.54, 1.807) is 17.3 Å². The van der Waals surface area contributed by atoms with Gasteiger partial charge in [0.2, 0.25) is 0 Å². The molecular weight excluding hydrogens is 298 g/mol. The highest BCUT2D eigenvalue weighted by molar-refractivity contribution is 6.11. The number of carbonyl (C=O) groups excluding carboxylic acids is 1. The van der Waals surface area contributed by atoms with E-state index in [9.17, 15) is 4.79 Å². The molecule has 118 valence electrons. The minimum atomic E-state index is -0.249. The molecule has 1 aliphatic rings. The topological polar surface area (TPSA) is 45.2 Å². The molecule has 3 aromatic rings. The molecule has 0 aliphatic carbocycles. The van der Waals surface area contributed by atoms with Gasteiger partial charge in [-0.1, -0.05) is 35.9 Å². The van der Waals surface area contributed by atoms with Gasteiger partial charge in [-0.3, -0.25) is 14.7 Å². The number of anilines is 2. The lowest BCUT2D eigenvalue weighted by Gasteiger charge is -2.27. The number of amides is 1. The first-order valence-corrected chi connectivity index (χ1v) is 7.90. The van der Waals surface area contributed by atoms with Gasteiger partial charge in [0.1, 0.15) is 6.17 Å². The van der Waals surface area contributed by atoms with Crippen LogP contribution in [0.15, 0.2) is 73.1 Å². The van der Waals surface area contributed by atoms with Crippen molar-refractivity contribution in [2.45, 2.75) is 13.1 Å². The van der Waals surface area contributed by atoms with Crippen molar-refractivity contribution in [1.82, 2.24) is 4.98 Å². The molecule has 2 aromatic carbocycles. The van der Waals surface area contributed by atoms with Crippen LogP contribution in [0.4, 0.5) is 11.4 Å². The van der Waals surface area contributed by atoms with Gasteiger partial charge in [-0.15, -0.1) is 0 Å². The molecule has 4 rings (SSSR count). The highest BCUT2D eigenvalue weighted by Crippen LogP contribution is 2.37. The first-order chi connectivity index (χ1) is 11.7. The van der Waals surface area contributed by atoms with E-state index in [4.69, 9.17) is 0 Å². The molecule has 1 aliphatic heterocycles. The molecule has 1 N–H and O–H groups in total. The van der Waals surface area contributed by atoms with Gasteiger partial charge in [-0.25, -0.2) is 0 Å². The monoisotopic (exact) mass is 315 g/mol. The van der Waals surface area contributed by atoms with E-state index in [0.717, 1.165) is 22.5 Å². The summed E-state index contributed by atoms with van der Waals surface area (Å²) < 4.78 is 0. The second-order valence-electron chi connectivity index (χ2n) is 5.89. The molecule has 2 heterocycles. The first-order valence-electron chi connectivity index (χ1n) is 7.90. The molecule has 0 saturated carbocycles. The van der Waals surface area contributed by atoms with Gasteiger partial charge in [0, 0.05) is 23.0 Å². The molecule has 1 aromatic heterocycles. The number of nitrogens with one attached hydrogen (secondary N) is 1. The second-order valence-corrected chi connectivity index (χ2v) is 5.89. The fourth-order valence-corrected chi connectivity index (χ4v) is 3.03. The minimum Gasteiger partial charge on any atom is -0.361 e. The van der Waals surface area contributed by atoms with Crippen LogP contribution in [-0.2, 0) is 0 Å². The normalized spacial score (nSPS) is 16.1. The molecule has 0 radical (unpaired) electrons. The SMILES string of the molecule is Cc1ccc(N[C@@H]2c3ccccc3C(=O)N2c2cccnc2)cc1. The molecular formula is C20H17N3O. The zero-order chi connectivity index (χ0) is 16.5. The highest BCUT2D eigenvalue weighted by atomic mass is 16.2. The number of fused-ring (bicyclic) bond motifs is 1. The Bertz CT molecular complexity index is 875. The molecule has 1 atom stereocenters. The molecule has 0 fully saturated rings. The molecule has 0 saturated heterocycles. The van der Waals surface area contributed by atoms with Crippen LogP contribution in [0.5, 0.6) is 0 Å². The van der Waals surface area contributed by atoms with E-state index >= 15 is 0 Å². The number of aryl methyl sites for hydroxylation is 1. The summed E-state index contributed by atoms with van der Waals surface area (Å²) in [5.74, 6) is -0.0109. The summed E-state index contributed by atoms with van der Waals surface area (Å²) in [5.41, 5.74) is 4.66. The van der Waals surface area contributed by atoms with Gasteiger partial charge in [0.25, 0.3) is 5.91 Å². The Kier molecular flexibility index (Phi) is 3.50. The Morgan fingerprint density at radius 2 is 1.79 bits per heavy atom. The molecule has 4 nitrogen and oxygen atoms in total. The van der Waals surface area contributed by atoms with Gasteiger partial charge >= 0.3 is 0 Å². The quantitative estimate of drug-likeness (QED) is 0.789. The predicted molar refractivity (Wildman–Crippen MR) is 95.0 cm³/mol. The number of rotatable bonds is 3. The number of pyridine rings is 1. The lowest BCUT2D eigenvalue weighted by molar-refractivity contribution is 0.0993. The summed E-state index contributed by atoms with van der Waals surface area (Å²) in [7, 11) is 0. The molecule has 24 heavy (non-hydrogen) atoms. The fraction of sp³-hybridized carbons (Fsp3) is 0.100. The smallest absolute Gasteiger partial charge is 0.260 e. The number of hydrogen-bond donors (Lipinski definition) is 1. The average Bonchev–Trinajstić information content (AvgIpc) is 2.90. The fourth-order valence-electron chi connectivity index (χ4n) is 3.03. The lowest BCUT2D eigenvalue weighted by Crippen LogP contribution is -2.32. The molecule has 0 spiro atoms. The maximum absolute atomic E-state index is 12.9. The number of nitrogens with zero attached hydrogens (tertiary/aromatic N) is 2. The maximum Gasteiger partial charge on any atom is 0.260 e. The molecule has 4 heteroatoms. The van der Waals surface area contributed by atoms with Crippen molar-refractivity contribution in [2.75, 3.05) is 10.2 Å². The van der Waals surface area contributed by atoms with Gasteiger partial charge in [-0.05, 0) is 37.3 Å². The summed E-state index contributed by atoms with van der Waals surface area (Å²) in [6.45, 7) is 2.06. The van der Waals surface area contributed by atoms with Crippen LogP contribution in [0.3, 0.4) is 0 Å². The summed E-state index contributed by atoms with van der Waals surface area (Å²) >= 11 is 0. The summed E-state index contributed by atoms with van der Waals surface area (Å²) in [6, 6.07) is 19.6. The van der Waals surface area contributed by atoms with E-state index in [2.05, 4.69) is 29.4 Å². The highest BCUT2D eigenvalue weighted by Gasteiger charge is 2.37. The van der Waals surface area contributed by atoms with Gasteiger partial charge < -0.3 is 5.32 Å². The Morgan fingerprint density at radius 3 is 2.54 bits per heavy atom. The van der Waals surface area contributed by atoms with Crippen molar-refractivity contribution < 1.29 is 4.79 Å². The van der Waals surface area contributed by atoms with Crippen molar-refractivity contribution in [3.05, 3.63) is 89.7 Å². The summed E-state index contributed by atoms with van der Waals surface area (Å²) in [6.07, 6.45) is 3.17. The van der Waals surface area contributed by atoms with Crippen LogP contribution < -0.4 is 10.2 Å². The molecule has 0 bridgehead atoms. The second kappa shape index (κ2) is 5.81. The lowest BCUT2D eigenvalue weighted by atomic mass is 10.1. The molecule has 1 amide bonds. The summed E-state index contributed by atoms with van der Waals surface area (Å²) in [5, 5.41) is 3.48. The number of hydrogen-bond acceptors (Lipinski definition) is 3. The Balaban J connectivity index is 1.77. The van der Waals surface area contributed by atoms with Gasteiger partial charge in [0.15, 0.2) is 0 Å². The van der Waals surface area contributed by atoms with E-state index in [0.29, 0.717) is 0 Å². The van der Waals surface area contributed by atoms with Crippen molar-refractivity contribution in [1.29, 1.82) is 0 Å². The van der Waals surface area contributed by atoms with Crippen LogP contribution in [0.2, 0.25) is 0 Å².